The van der Waals surface area contributed by atoms with Crippen LogP contribution in [0.4, 0.5) is 19.0 Å². The number of anilines is 1. The van der Waals surface area contributed by atoms with Crippen LogP contribution in [-0.4, -0.2) is 61.0 Å². The average Bonchev–Trinajstić information content (AvgIpc) is 3.31. The predicted molar refractivity (Wildman–Crippen MR) is 157 cm³/mol. The highest BCUT2D eigenvalue weighted by Crippen LogP contribution is 2.40. The van der Waals surface area contributed by atoms with Crippen LogP contribution in [0.2, 0.25) is 5.02 Å². The minimum Gasteiger partial charge on any atom is -0.462 e. The van der Waals surface area contributed by atoms with Crippen molar-refractivity contribution in [1.82, 2.24) is 13.9 Å². The number of pyridine rings is 1. The Morgan fingerprint density at radius 3 is 2.16 bits per heavy atom. The van der Waals surface area contributed by atoms with Crippen molar-refractivity contribution < 1.29 is 31.1 Å². The summed E-state index contributed by atoms with van der Waals surface area (Å²) < 4.78 is 76.6. The highest BCUT2D eigenvalue weighted by atomic mass is 35.5. The number of hydrogen-bond donors (Lipinski definition) is 0. The molecule has 1 saturated heterocycles. The Hall–Kier alpha value is -3.87. The highest BCUT2D eigenvalue weighted by molar-refractivity contribution is 7.89. The molecule has 0 aliphatic carbocycles. The number of piperazine rings is 1. The second-order valence-corrected chi connectivity index (χ2v) is 12.1. The van der Waals surface area contributed by atoms with Gasteiger partial charge in [-0.25, -0.2) is 18.2 Å². The van der Waals surface area contributed by atoms with Crippen molar-refractivity contribution in [3.05, 3.63) is 94.8 Å². The number of nitrogens with zero attached hydrogens (tertiary/aromatic N) is 4. The van der Waals surface area contributed by atoms with E-state index in [1.165, 1.54) is 4.31 Å². The van der Waals surface area contributed by atoms with E-state index in [0.717, 1.165) is 6.07 Å². The summed E-state index contributed by atoms with van der Waals surface area (Å²) in [4.78, 5) is 18.8. The third-order valence-corrected chi connectivity index (χ3v) is 9.43. The van der Waals surface area contributed by atoms with Crippen LogP contribution >= 0.6 is 11.6 Å². The van der Waals surface area contributed by atoms with E-state index in [4.69, 9.17) is 16.3 Å². The van der Waals surface area contributed by atoms with Gasteiger partial charge in [0.2, 0.25) is 10.0 Å². The number of halogens is 4. The number of esters is 1. The molecule has 0 amide bonds. The van der Waals surface area contributed by atoms with Gasteiger partial charge < -0.3 is 14.2 Å². The smallest absolute Gasteiger partial charge is 0.417 e. The summed E-state index contributed by atoms with van der Waals surface area (Å²) in [5.74, 6) is -0.625. The molecule has 1 aliphatic heterocycles. The second-order valence-electron chi connectivity index (χ2n) is 9.81. The van der Waals surface area contributed by atoms with Crippen LogP contribution in [0.1, 0.15) is 28.5 Å². The number of rotatable bonds is 7. The molecule has 4 aromatic rings. The number of carbonyl (C=O) groups is 1. The SMILES string of the molecule is CCOC(=O)c1c(S(=O)(=O)N2CCN(c3ncc(C(F)(F)F)cc3Cl)CC2)c(-c2ccccc2)n(-c2ccccc2)c1C. The quantitative estimate of drug-likeness (QED) is 0.225. The van der Waals surface area contributed by atoms with Crippen LogP contribution in [0.25, 0.3) is 16.9 Å². The van der Waals surface area contributed by atoms with Gasteiger partial charge in [-0.2, -0.15) is 17.5 Å². The zero-order valence-corrected chi connectivity index (χ0v) is 24.9. The standard InChI is InChI=1S/C30H28ClF3N4O4S/c1-3-42-29(39)25-20(2)38(23-12-8-5-9-13-23)26(21-10-6-4-7-11-21)27(25)43(40,41)37-16-14-36(15-17-37)28-24(31)18-22(19-35-28)30(32,33)34/h4-13,18-19H,3,14-17H2,1-2H3. The number of alkyl halides is 3. The van der Waals surface area contributed by atoms with E-state index in [-0.39, 0.29) is 54.1 Å². The van der Waals surface area contributed by atoms with Gasteiger partial charge >= 0.3 is 12.1 Å². The van der Waals surface area contributed by atoms with Gasteiger partial charge in [-0.15, -0.1) is 0 Å². The van der Waals surface area contributed by atoms with Gasteiger partial charge in [0.15, 0.2) is 0 Å². The molecule has 0 saturated carbocycles. The highest BCUT2D eigenvalue weighted by Gasteiger charge is 2.40. The summed E-state index contributed by atoms with van der Waals surface area (Å²) in [5, 5.41) is -0.183. The molecule has 1 aliphatic rings. The molecule has 0 radical (unpaired) electrons. The third-order valence-electron chi connectivity index (χ3n) is 7.19. The number of benzene rings is 2. The fraction of sp³-hybridized carbons (Fsp3) is 0.267. The van der Waals surface area contributed by atoms with Gasteiger partial charge in [0, 0.05) is 43.8 Å². The van der Waals surface area contributed by atoms with Crippen LogP contribution in [0.5, 0.6) is 0 Å². The normalized spacial score (nSPS) is 14.6. The topological polar surface area (TPSA) is 84.7 Å². The monoisotopic (exact) mass is 632 g/mol. The zero-order valence-electron chi connectivity index (χ0n) is 23.3. The maximum Gasteiger partial charge on any atom is 0.417 e. The van der Waals surface area contributed by atoms with Crippen LogP contribution in [0, 0.1) is 6.92 Å². The van der Waals surface area contributed by atoms with E-state index in [9.17, 15) is 26.4 Å². The summed E-state index contributed by atoms with van der Waals surface area (Å²) in [6, 6.07) is 18.9. The minimum absolute atomic E-state index is 0.0204. The Balaban J connectivity index is 1.59. The van der Waals surface area contributed by atoms with Gasteiger partial charge in [0.1, 0.15) is 16.3 Å². The van der Waals surface area contributed by atoms with E-state index < -0.39 is 27.7 Å². The second kappa shape index (κ2) is 12.0. The number of para-hydroxylation sites is 1. The van der Waals surface area contributed by atoms with Crippen molar-refractivity contribution in [3.63, 3.8) is 0 Å². The lowest BCUT2D eigenvalue weighted by Crippen LogP contribution is -2.49. The van der Waals surface area contributed by atoms with Crippen molar-refractivity contribution in [2.24, 2.45) is 0 Å². The van der Waals surface area contributed by atoms with Crippen LogP contribution < -0.4 is 4.90 Å². The summed E-state index contributed by atoms with van der Waals surface area (Å²) >= 11 is 6.15. The zero-order chi connectivity index (χ0) is 30.9. The minimum atomic E-state index is -4.59. The van der Waals surface area contributed by atoms with E-state index in [1.54, 1.807) is 47.6 Å². The molecule has 0 N–H and O–H groups in total. The molecule has 1 fully saturated rings. The molecule has 43 heavy (non-hydrogen) atoms. The number of sulfonamides is 1. The Morgan fingerprint density at radius 2 is 1.60 bits per heavy atom. The molecule has 2 aromatic carbocycles. The van der Waals surface area contributed by atoms with Gasteiger partial charge in [-0.05, 0) is 37.6 Å². The molecule has 0 spiro atoms. The van der Waals surface area contributed by atoms with Gasteiger partial charge in [0.05, 0.1) is 22.9 Å². The molecule has 2 aromatic heterocycles. The fourth-order valence-corrected chi connectivity index (χ4v) is 7.33. The van der Waals surface area contributed by atoms with E-state index in [2.05, 4.69) is 4.98 Å². The first-order valence-electron chi connectivity index (χ1n) is 13.5. The predicted octanol–water partition coefficient (Wildman–Crippen LogP) is 6.21. The van der Waals surface area contributed by atoms with Crippen LogP contribution in [0.15, 0.2) is 77.8 Å². The number of aromatic nitrogens is 2. The largest absolute Gasteiger partial charge is 0.462 e. The molecule has 0 bridgehead atoms. The van der Waals surface area contributed by atoms with E-state index in [0.29, 0.717) is 28.8 Å². The Labute approximate surface area is 252 Å². The first kappa shape index (κ1) is 30.6. The molecule has 226 valence electrons. The number of ether oxygens (including phenoxy) is 1. The Morgan fingerprint density at radius 1 is 1.00 bits per heavy atom. The molecule has 13 heteroatoms. The van der Waals surface area contributed by atoms with Crippen molar-refractivity contribution in [1.29, 1.82) is 0 Å². The van der Waals surface area contributed by atoms with E-state index >= 15 is 0 Å². The lowest BCUT2D eigenvalue weighted by atomic mass is 10.1. The Kier molecular flexibility index (Phi) is 8.55. The fourth-order valence-electron chi connectivity index (χ4n) is 5.20. The van der Waals surface area contributed by atoms with Crippen molar-refractivity contribution in [2.75, 3.05) is 37.7 Å². The first-order chi connectivity index (χ1) is 20.4. The molecule has 0 unspecified atom stereocenters. The third kappa shape index (κ3) is 5.86. The van der Waals surface area contributed by atoms with Crippen molar-refractivity contribution >= 4 is 33.4 Å². The summed E-state index contributed by atoms with van der Waals surface area (Å²) in [5.41, 5.74) is 0.949. The van der Waals surface area contributed by atoms with Crippen molar-refractivity contribution in [2.45, 2.75) is 24.9 Å². The molecule has 8 nitrogen and oxygen atoms in total. The molecule has 0 atom stereocenters. The number of carbonyl (C=O) groups excluding carboxylic acids is 1. The number of hydrogen-bond acceptors (Lipinski definition) is 6. The first-order valence-corrected chi connectivity index (χ1v) is 15.3. The maximum absolute atomic E-state index is 14.5. The molecular formula is C30H28ClF3N4O4S. The lowest BCUT2D eigenvalue weighted by molar-refractivity contribution is -0.137. The summed E-state index contributed by atoms with van der Waals surface area (Å²) in [6.45, 7) is 3.57. The Bertz CT molecular complexity index is 1740. The average molecular weight is 633 g/mol. The molecule has 5 rings (SSSR count). The van der Waals surface area contributed by atoms with Gasteiger partial charge in [-0.1, -0.05) is 60.1 Å². The van der Waals surface area contributed by atoms with Crippen molar-refractivity contribution in [3.8, 4) is 16.9 Å². The maximum atomic E-state index is 14.5. The lowest BCUT2D eigenvalue weighted by Gasteiger charge is -2.35. The van der Waals surface area contributed by atoms with E-state index in [1.807, 2.05) is 36.4 Å². The van der Waals surface area contributed by atoms with Gasteiger partial charge in [-0.3, -0.25) is 0 Å². The van der Waals surface area contributed by atoms with Gasteiger partial charge in [0.25, 0.3) is 0 Å². The molecule has 3 heterocycles. The summed E-state index contributed by atoms with van der Waals surface area (Å²) in [7, 11) is -4.30. The van der Waals surface area contributed by atoms with Crippen LogP contribution in [0.3, 0.4) is 0 Å². The molecular weight excluding hydrogens is 605 g/mol. The van der Waals surface area contributed by atoms with Crippen LogP contribution in [-0.2, 0) is 20.9 Å². The summed E-state index contributed by atoms with van der Waals surface area (Å²) in [6.07, 6.45) is -3.89.